The molecule has 1 N–H and O–H groups in total. The van der Waals surface area contributed by atoms with Crippen LogP contribution in [0.1, 0.15) is 22.8 Å². The number of nitrogens with zero attached hydrogens (tertiary/aromatic N) is 1. The van der Waals surface area contributed by atoms with Gasteiger partial charge in [0.25, 0.3) is 5.91 Å². The van der Waals surface area contributed by atoms with Crippen molar-refractivity contribution in [2.24, 2.45) is 0 Å². The molecule has 2 aromatic carbocycles. The maximum absolute atomic E-state index is 12.7. The van der Waals surface area contributed by atoms with Crippen molar-refractivity contribution in [2.45, 2.75) is 20.0 Å². The maximum atomic E-state index is 12.7. The normalized spacial score (nSPS) is 16.3. The molecule has 1 aliphatic rings. The number of nitrogens with one attached hydrogen (secondary N) is 1. The zero-order chi connectivity index (χ0) is 19.8. The predicted octanol–water partition coefficient (Wildman–Crippen LogP) is 2.36. The van der Waals surface area contributed by atoms with Crippen LogP contribution in [0.5, 0.6) is 5.75 Å². The Labute approximate surface area is 158 Å². The lowest BCUT2D eigenvalue weighted by Gasteiger charge is -2.34. The summed E-state index contributed by atoms with van der Waals surface area (Å²) in [5.74, 6) is -0.280. The van der Waals surface area contributed by atoms with Gasteiger partial charge in [0, 0.05) is 11.3 Å². The molecule has 142 valence electrons. The number of anilines is 2. The predicted molar refractivity (Wildman–Crippen MR) is 103 cm³/mol. The SMILES string of the molecule is CC(=O)c1cccc(NC(=O)C2CN(S(C)(=O)=O)c3cc(C)ccc3O2)c1. The van der Waals surface area contributed by atoms with Crippen molar-refractivity contribution in [3.8, 4) is 5.75 Å². The second kappa shape index (κ2) is 7.03. The number of ketones is 1. The second-order valence-corrected chi connectivity index (χ2v) is 8.40. The summed E-state index contributed by atoms with van der Waals surface area (Å²) in [6, 6.07) is 11.7. The number of Topliss-reactive ketones (excluding diaryl/α,β-unsaturated/α-hetero) is 1. The zero-order valence-corrected chi connectivity index (χ0v) is 16.0. The minimum Gasteiger partial charge on any atom is -0.476 e. The van der Waals surface area contributed by atoms with Crippen molar-refractivity contribution in [3.05, 3.63) is 53.6 Å². The van der Waals surface area contributed by atoms with E-state index in [1.165, 1.54) is 11.2 Å². The van der Waals surface area contributed by atoms with Crippen molar-refractivity contribution in [2.75, 3.05) is 22.4 Å². The van der Waals surface area contributed by atoms with Gasteiger partial charge in [0.15, 0.2) is 11.9 Å². The summed E-state index contributed by atoms with van der Waals surface area (Å²) in [6.45, 7) is 3.16. The third-order valence-corrected chi connectivity index (χ3v) is 5.36. The second-order valence-electron chi connectivity index (χ2n) is 6.50. The van der Waals surface area contributed by atoms with Crippen LogP contribution in [0.3, 0.4) is 0 Å². The standard InChI is InChI=1S/C19H20N2O5S/c1-12-7-8-17-16(9-12)21(27(3,24)25)11-18(26-17)19(23)20-15-6-4-5-14(10-15)13(2)22/h4-10,18H,11H2,1-3H3,(H,20,23). The molecule has 0 aliphatic carbocycles. The molecule has 1 aliphatic heterocycles. The van der Waals surface area contributed by atoms with Crippen LogP contribution >= 0.6 is 0 Å². The van der Waals surface area contributed by atoms with Gasteiger partial charge in [-0.1, -0.05) is 18.2 Å². The number of benzene rings is 2. The highest BCUT2D eigenvalue weighted by atomic mass is 32.2. The van der Waals surface area contributed by atoms with Gasteiger partial charge >= 0.3 is 0 Å². The Hall–Kier alpha value is -2.87. The largest absolute Gasteiger partial charge is 0.476 e. The van der Waals surface area contributed by atoms with E-state index < -0.39 is 22.0 Å². The molecule has 0 saturated heterocycles. The molecule has 2 aromatic rings. The molecule has 1 heterocycles. The number of rotatable bonds is 4. The number of carbonyl (C=O) groups excluding carboxylic acids is 2. The van der Waals surface area contributed by atoms with Crippen LogP contribution < -0.4 is 14.4 Å². The van der Waals surface area contributed by atoms with Gasteiger partial charge in [0.05, 0.1) is 18.5 Å². The first-order valence-corrected chi connectivity index (χ1v) is 10.2. The zero-order valence-electron chi connectivity index (χ0n) is 15.2. The highest BCUT2D eigenvalue weighted by molar-refractivity contribution is 7.92. The fourth-order valence-electron chi connectivity index (χ4n) is 2.85. The lowest BCUT2D eigenvalue weighted by molar-refractivity contribution is -0.122. The molecular formula is C19H20N2O5S. The molecular weight excluding hydrogens is 368 g/mol. The third-order valence-electron chi connectivity index (χ3n) is 4.21. The Morgan fingerprint density at radius 1 is 1.19 bits per heavy atom. The van der Waals surface area contributed by atoms with E-state index in [9.17, 15) is 18.0 Å². The molecule has 0 radical (unpaired) electrons. The van der Waals surface area contributed by atoms with Crippen LogP contribution in [0.2, 0.25) is 0 Å². The third kappa shape index (κ3) is 4.11. The van der Waals surface area contributed by atoms with E-state index in [0.29, 0.717) is 22.7 Å². The Balaban J connectivity index is 1.87. The minimum absolute atomic E-state index is 0.118. The Bertz CT molecular complexity index is 1020. The fourth-order valence-corrected chi connectivity index (χ4v) is 3.76. The summed E-state index contributed by atoms with van der Waals surface area (Å²) in [5.41, 5.74) is 2.21. The van der Waals surface area contributed by atoms with E-state index in [1.54, 1.807) is 42.5 Å². The van der Waals surface area contributed by atoms with Crippen LogP contribution in [-0.4, -0.2) is 39.0 Å². The highest BCUT2D eigenvalue weighted by Crippen LogP contribution is 2.36. The van der Waals surface area contributed by atoms with Crippen LogP contribution in [0.25, 0.3) is 0 Å². The van der Waals surface area contributed by atoms with E-state index in [0.717, 1.165) is 11.8 Å². The summed E-state index contributed by atoms with van der Waals surface area (Å²) in [6.07, 6.45) is 0.0753. The summed E-state index contributed by atoms with van der Waals surface area (Å²) >= 11 is 0. The number of fused-ring (bicyclic) bond motifs is 1. The van der Waals surface area contributed by atoms with E-state index in [-0.39, 0.29) is 12.3 Å². The summed E-state index contributed by atoms with van der Waals surface area (Å²) in [5, 5.41) is 2.68. The number of ether oxygens (including phenoxy) is 1. The van der Waals surface area contributed by atoms with E-state index in [1.807, 2.05) is 6.92 Å². The Morgan fingerprint density at radius 2 is 1.93 bits per heavy atom. The van der Waals surface area contributed by atoms with Crippen molar-refractivity contribution in [1.29, 1.82) is 0 Å². The van der Waals surface area contributed by atoms with Crippen molar-refractivity contribution in [3.63, 3.8) is 0 Å². The topological polar surface area (TPSA) is 92.8 Å². The maximum Gasteiger partial charge on any atom is 0.267 e. The number of amides is 1. The van der Waals surface area contributed by atoms with Crippen molar-refractivity contribution in [1.82, 2.24) is 0 Å². The first-order valence-electron chi connectivity index (χ1n) is 8.32. The molecule has 1 atom stereocenters. The molecule has 1 unspecified atom stereocenters. The van der Waals surface area contributed by atoms with E-state index in [2.05, 4.69) is 5.32 Å². The molecule has 7 nitrogen and oxygen atoms in total. The molecule has 0 spiro atoms. The molecule has 0 saturated carbocycles. The number of hydrogen-bond acceptors (Lipinski definition) is 5. The summed E-state index contributed by atoms with van der Waals surface area (Å²) in [7, 11) is -3.58. The number of sulfonamides is 1. The highest BCUT2D eigenvalue weighted by Gasteiger charge is 2.35. The molecule has 3 rings (SSSR count). The molecule has 0 aromatic heterocycles. The van der Waals surface area contributed by atoms with Crippen LogP contribution in [0.15, 0.2) is 42.5 Å². The number of hydrogen-bond donors (Lipinski definition) is 1. The van der Waals surface area contributed by atoms with Gasteiger partial charge in [-0.25, -0.2) is 8.42 Å². The molecule has 27 heavy (non-hydrogen) atoms. The van der Waals surface area contributed by atoms with Gasteiger partial charge in [-0.15, -0.1) is 0 Å². The van der Waals surface area contributed by atoms with Gasteiger partial charge in [0.2, 0.25) is 10.0 Å². The minimum atomic E-state index is -3.58. The molecule has 1 amide bonds. The average Bonchev–Trinajstić information content (AvgIpc) is 2.60. The first kappa shape index (κ1) is 18.9. The number of aryl methyl sites for hydroxylation is 1. The first-order chi connectivity index (χ1) is 12.6. The van der Waals surface area contributed by atoms with Crippen LogP contribution in [-0.2, 0) is 14.8 Å². The van der Waals surface area contributed by atoms with Gasteiger partial charge in [-0.05, 0) is 43.7 Å². The Morgan fingerprint density at radius 3 is 2.59 bits per heavy atom. The molecule has 8 heteroatoms. The van der Waals surface area contributed by atoms with Gasteiger partial charge < -0.3 is 10.1 Å². The van der Waals surface area contributed by atoms with Gasteiger partial charge in [0.1, 0.15) is 5.75 Å². The lowest BCUT2D eigenvalue weighted by atomic mass is 10.1. The average molecular weight is 388 g/mol. The summed E-state index contributed by atoms with van der Waals surface area (Å²) < 4.78 is 31.3. The summed E-state index contributed by atoms with van der Waals surface area (Å²) in [4.78, 5) is 24.1. The van der Waals surface area contributed by atoms with Crippen LogP contribution in [0.4, 0.5) is 11.4 Å². The van der Waals surface area contributed by atoms with Crippen molar-refractivity contribution >= 4 is 33.1 Å². The van der Waals surface area contributed by atoms with Gasteiger partial charge in [-0.3, -0.25) is 13.9 Å². The molecule has 0 bridgehead atoms. The van der Waals surface area contributed by atoms with E-state index >= 15 is 0 Å². The van der Waals surface area contributed by atoms with Crippen LogP contribution in [0, 0.1) is 6.92 Å². The van der Waals surface area contributed by atoms with Crippen molar-refractivity contribution < 1.29 is 22.7 Å². The Kier molecular flexibility index (Phi) is 4.93. The monoisotopic (exact) mass is 388 g/mol. The quantitative estimate of drug-likeness (QED) is 0.812. The fraction of sp³-hybridized carbons (Fsp3) is 0.263. The smallest absolute Gasteiger partial charge is 0.267 e. The molecule has 0 fully saturated rings. The van der Waals surface area contributed by atoms with E-state index in [4.69, 9.17) is 4.74 Å². The van der Waals surface area contributed by atoms with Gasteiger partial charge in [-0.2, -0.15) is 0 Å². The number of carbonyl (C=O) groups is 2. The lowest BCUT2D eigenvalue weighted by Crippen LogP contribution is -2.48.